The van der Waals surface area contributed by atoms with Crippen molar-refractivity contribution < 1.29 is 0 Å². The van der Waals surface area contributed by atoms with Gasteiger partial charge >= 0.3 is 0 Å². The first kappa shape index (κ1) is 15.0. The van der Waals surface area contributed by atoms with Crippen molar-refractivity contribution in [2.24, 2.45) is 17.1 Å². The summed E-state index contributed by atoms with van der Waals surface area (Å²) >= 11 is 1.82. The van der Waals surface area contributed by atoms with Gasteiger partial charge in [-0.1, -0.05) is 40.5 Å². The van der Waals surface area contributed by atoms with Crippen molar-refractivity contribution in [1.29, 1.82) is 0 Å². The standard InChI is InChI=1S/C16H28N2S/c1-12-5-7-16(11-17,8-6-12)9-14-18-13(10-19-14)15(2,3)4/h10,12H,5-9,11,17H2,1-4H3. The molecule has 3 heteroatoms. The highest BCUT2D eigenvalue weighted by molar-refractivity contribution is 7.09. The maximum Gasteiger partial charge on any atom is 0.0934 e. The lowest BCUT2D eigenvalue weighted by molar-refractivity contribution is 0.163. The van der Waals surface area contributed by atoms with Gasteiger partial charge in [0.25, 0.3) is 0 Å². The van der Waals surface area contributed by atoms with Crippen LogP contribution in [0, 0.1) is 11.3 Å². The Labute approximate surface area is 121 Å². The lowest BCUT2D eigenvalue weighted by Gasteiger charge is -2.38. The van der Waals surface area contributed by atoms with Crippen molar-refractivity contribution in [3.63, 3.8) is 0 Å². The van der Waals surface area contributed by atoms with Gasteiger partial charge in [0.15, 0.2) is 0 Å². The van der Waals surface area contributed by atoms with Crippen molar-refractivity contribution in [3.8, 4) is 0 Å². The summed E-state index contributed by atoms with van der Waals surface area (Å²) in [5.41, 5.74) is 7.80. The normalized spacial score (nSPS) is 28.6. The zero-order valence-electron chi connectivity index (χ0n) is 12.8. The molecule has 0 atom stereocenters. The van der Waals surface area contributed by atoms with E-state index < -0.39 is 0 Å². The van der Waals surface area contributed by atoms with E-state index in [0.717, 1.165) is 18.9 Å². The second-order valence-electron chi connectivity index (χ2n) is 7.44. The molecule has 1 aliphatic rings. The maximum atomic E-state index is 6.10. The Morgan fingerprint density at radius 1 is 1.37 bits per heavy atom. The van der Waals surface area contributed by atoms with Gasteiger partial charge in [0.1, 0.15) is 0 Å². The average molecular weight is 280 g/mol. The minimum atomic E-state index is 0.158. The van der Waals surface area contributed by atoms with Crippen LogP contribution in [-0.4, -0.2) is 11.5 Å². The molecule has 1 aromatic rings. The molecule has 1 aromatic heterocycles. The third-order valence-electron chi connectivity index (χ3n) is 4.61. The van der Waals surface area contributed by atoms with Gasteiger partial charge in [-0.3, -0.25) is 0 Å². The summed E-state index contributed by atoms with van der Waals surface area (Å²) in [4.78, 5) is 4.85. The van der Waals surface area contributed by atoms with Gasteiger partial charge in [-0.05, 0) is 30.7 Å². The number of nitrogens with two attached hydrogens (primary N) is 1. The van der Waals surface area contributed by atoms with E-state index in [2.05, 4.69) is 33.1 Å². The summed E-state index contributed by atoms with van der Waals surface area (Å²) in [5, 5.41) is 3.51. The van der Waals surface area contributed by atoms with E-state index in [1.165, 1.54) is 36.4 Å². The number of rotatable bonds is 3. The first-order valence-electron chi connectivity index (χ1n) is 7.50. The molecule has 0 aliphatic heterocycles. The summed E-state index contributed by atoms with van der Waals surface area (Å²) < 4.78 is 0. The Bertz CT molecular complexity index is 409. The molecule has 0 radical (unpaired) electrons. The highest BCUT2D eigenvalue weighted by Crippen LogP contribution is 2.41. The van der Waals surface area contributed by atoms with Crippen LogP contribution in [0.4, 0.5) is 0 Å². The van der Waals surface area contributed by atoms with Crippen LogP contribution in [0.15, 0.2) is 5.38 Å². The van der Waals surface area contributed by atoms with E-state index >= 15 is 0 Å². The van der Waals surface area contributed by atoms with Crippen molar-refractivity contribution in [1.82, 2.24) is 4.98 Å². The predicted molar refractivity (Wildman–Crippen MR) is 83.6 cm³/mol. The molecule has 108 valence electrons. The molecule has 2 nitrogen and oxygen atoms in total. The number of hydrogen-bond donors (Lipinski definition) is 1. The Hall–Kier alpha value is -0.410. The van der Waals surface area contributed by atoms with Gasteiger partial charge in [0, 0.05) is 17.2 Å². The maximum absolute atomic E-state index is 6.10. The Kier molecular flexibility index (Phi) is 4.36. The van der Waals surface area contributed by atoms with Crippen molar-refractivity contribution in [2.45, 2.75) is 65.2 Å². The summed E-state index contributed by atoms with van der Waals surface area (Å²) in [7, 11) is 0. The van der Waals surface area contributed by atoms with Crippen molar-refractivity contribution >= 4 is 11.3 Å². The molecule has 0 unspecified atom stereocenters. The fourth-order valence-corrected chi connectivity index (χ4v) is 4.08. The summed E-state index contributed by atoms with van der Waals surface area (Å²) in [6.07, 6.45) is 6.28. The van der Waals surface area contributed by atoms with Gasteiger partial charge in [0.2, 0.25) is 0 Å². The number of nitrogens with zero attached hydrogens (tertiary/aromatic N) is 1. The molecule has 0 spiro atoms. The van der Waals surface area contributed by atoms with Crippen LogP contribution in [0.25, 0.3) is 0 Å². The Morgan fingerprint density at radius 3 is 2.47 bits per heavy atom. The molecule has 1 saturated carbocycles. The molecule has 1 heterocycles. The molecular formula is C16H28N2S. The lowest BCUT2D eigenvalue weighted by Crippen LogP contribution is -2.36. The number of aromatic nitrogens is 1. The molecule has 1 fully saturated rings. The van der Waals surface area contributed by atoms with E-state index in [0.29, 0.717) is 5.41 Å². The molecule has 0 aromatic carbocycles. The molecule has 19 heavy (non-hydrogen) atoms. The predicted octanol–water partition coefficient (Wildman–Crippen LogP) is 4.14. The molecule has 2 rings (SSSR count). The van der Waals surface area contributed by atoms with E-state index in [1.807, 2.05) is 11.3 Å². The minimum absolute atomic E-state index is 0.158. The van der Waals surface area contributed by atoms with Crippen molar-refractivity contribution in [3.05, 3.63) is 16.1 Å². The van der Waals surface area contributed by atoms with Crippen LogP contribution in [-0.2, 0) is 11.8 Å². The fourth-order valence-electron chi connectivity index (χ4n) is 2.88. The highest BCUT2D eigenvalue weighted by atomic mass is 32.1. The number of thiazole rings is 1. The van der Waals surface area contributed by atoms with E-state index in [4.69, 9.17) is 10.7 Å². The monoisotopic (exact) mass is 280 g/mol. The topological polar surface area (TPSA) is 38.9 Å². The largest absolute Gasteiger partial charge is 0.330 e. The van der Waals surface area contributed by atoms with Crippen LogP contribution >= 0.6 is 11.3 Å². The first-order valence-corrected chi connectivity index (χ1v) is 8.38. The summed E-state index contributed by atoms with van der Waals surface area (Å²) in [5.74, 6) is 0.876. The van der Waals surface area contributed by atoms with Crippen LogP contribution in [0.2, 0.25) is 0 Å². The highest BCUT2D eigenvalue weighted by Gasteiger charge is 2.34. The van der Waals surface area contributed by atoms with E-state index in [9.17, 15) is 0 Å². The molecule has 2 N–H and O–H groups in total. The van der Waals surface area contributed by atoms with Crippen LogP contribution in [0.1, 0.15) is 64.1 Å². The summed E-state index contributed by atoms with van der Waals surface area (Å²) in [6.45, 7) is 9.86. The van der Waals surface area contributed by atoms with Gasteiger partial charge in [-0.25, -0.2) is 4.98 Å². The fraction of sp³-hybridized carbons (Fsp3) is 0.812. The zero-order chi connectivity index (χ0) is 14.1. The summed E-state index contributed by atoms with van der Waals surface area (Å²) in [6, 6.07) is 0. The van der Waals surface area contributed by atoms with Gasteiger partial charge in [-0.2, -0.15) is 0 Å². The Balaban J connectivity index is 2.08. The molecule has 0 bridgehead atoms. The van der Waals surface area contributed by atoms with Crippen LogP contribution in [0.5, 0.6) is 0 Å². The first-order chi connectivity index (χ1) is 8.85. The average Bonchev–Trinajstić information content (AvgIpc) is 2.81. The third kappa shape index (κ3) is 3.57. The molecule has 1 aliphatic carbocycles. The zero-order valence-corrected chi connectivity index (χ0v) is 13.6. The SMILES string of the molecule is CC1CCC(CN)(Cc2nc(C(C)(C)C)cs2)CC1. The van der Waals surface area contributed by atoms with Gasteiger partial charge in [-0.15, -0.1) is 11.3 Å². The third-order valence-corrected chi connectivity index (χ3v) is 5.46. The van der Waals surface area contributed by atoms with Crippen LogP contribution < -0.4 is 5.73 Å². The lowest BCUT2D eigenvalue weighted by atomic mass is 9.69. The van der Waals surface area contributed by atoms with Gasteiger partial charge in [0.05, 0.1) is 10.7 Å². The molecule has 0 amide bonds. The van der Waals surface area contributed by atoms with Crippen LogP contribution in [0.3, 0.4) is 0 Å². The molecular weight excluding hydrogens is 252 g/mol. The second kappa shape index (κ2) is 5.53. The van der Waals surface area contributed by atoms with Crippen molar-refractivity contribution in [2.75, 3.05) is 6.54 Å². The smallest absolute Gasteiger partial charge is 0.0934 e. The van der Waals surface area contributed by atoms with E-state index in [-0.39, 0.29) is 5.41 Å². The number of hydrogen-bond acceptors (Lipinski definition) is 3. The quantitative estimate of drug-likeness (QED) is 0.904. The molecule has 0 saturated heterocycles. The second-order valence-corrected chi connectivity index (χ2v) is 8.38. The Morgan fingerprint density at radius 2 is 2.00 bits per heavy atom. The minimum Gasteiger partial charge on any atom is -0.330 e. The van der Waals surface area contributed by atoms with E-state index in [1.54, 1.807) is 0 Å². The van der Waals surface area contributed by atoms with Gasteiger partial charge < -0.3 is 5.73 Å².